The van der Waals surface area contributed by atoms with Gasteiger partial charge in [-0.2, -0.15) is 0 Å². The monoisotopic (exact) mass is 327 g/mol. The van der Waals surface area contributed by atoms with E-state index in [0.29, 0.717) is 24.4 Å². The van der Waals surface area contributed by atoms with Gasteiger partial charge < -0.3 is 14.7 Å². The first-order valence-electron chi connectivity index (χ1n) is 6.22. The van der Waals surface area contributed by atoms with E-state index in [2.05, 4.69) is 15.9 Å². The lowest BCUT2D eigenvalue weighted by Crippen LogP contribution is -2.65. The molecular weight excluding hydrogens is 310 g/mol. The fraction of sp³-hybridized carbons (Fsp3) is 0.500. The van der Waals surface area contributed by atoms with Gasteiger partial charge in [0.2, 0.25) is 0 Å². The van der Waals surface area contributed by atoms with Gasteiger partial charge in [-0.1, -0.05) is 13.8 Å². The van der Waals surface area contributed by atoms with Crippen LogP contribution < -0.4 is 4.74 Å². The molecule has 0 unspecified atom stereocenters. The number of halogens is 1. The third kappa shape index (κ3) is 2.62. The standard InChI is InChI=1S/C14H18BrNO3/c1-9(2)14(18)7-16(8-14)13(17)10-4-5-12(19-3)11(15)6-10/h4-6,9,18H,7-8H2,1-3H3. The number of hydrogen-bond donors (Lipinski definition) is 1. The maximum atomic E-state index is 12.2. The van der Waals surface area contributed by atoms with E-state index >= 15 is 0 Å². The Morgan fingerprint density at radius 1 is 1.47 bits per heavy atom. The average Bonchev–Trinajstić information content (AvgIpc) is 2.33. The molecule has 0 saturated carbocycles. The minimum Gasteiger partial charge on any atom is -0.496 e. The van der Waals surface area contributed by atoms with E-state index in [1.165, 1.54) is 0 Å². The number of nitrogens with zero attached hydrogens (tertiary/aromatic N) is 1. The Morgan fingerprint density at radius 2 is 2.11 bits per heavy atom. The first-order valence-corrected chi connectivity index (χ1v) is 7.02. The Kier molecular flexibility index (Phi) is 3.87. The van der Waals surface area contributed by atoms with E-state index in [1.807, 2.05) is 13.8 Å². The summed E-state index contributed by atoms with van der Waals surface area (Å²) < 4.78 is 5.88. The molecule has 1 saturated heterocycles. The molecule has 5 heteroatoms. The van der Waals surface area contributed by atoms with Gasteiger partial charge in [-0.3, -0.25) is 4.79 Å². The first kappa shape index (κ1) is 14.3. The van der Waals surface area contributed by atoms with Gasteiger partial charge >= 0.3 is 0 Å². The number of rotatable bonds is 3. The van der Waals surface area contributed by atoms with Gasteiger partial charge in [-0.15, -0.1) is 0 Å². The average molecular weight is 328 g/mol. The molecule has 1 amide bonds. The fourth-order valence-electron chi connectivity index (χ4n) is 2.11. The van der Waals surface area contributed by atoms with Crippen LogP contribution in [0, 0.1) is 5.92 Å². The second-order valence-corrected chi connectivity index (χ2v) is 6.12. The summed E-state index contributed by atoms with van der Waals surface area (Å²) in [6.07, 6.45) is 0. The van der Waals surface area contributed by atoms with Gasteiger partial charge in [-0.25, -0.2) is 0 Å². The lowest BCUT2D eigenvalue weighted by atomic mass is 9.82. The molecule has 1 heterocycles. The molecule has 4 nitrogen and oxygen atoms in total. The van der Waals surface area contributed by atoms with Crippen molar-refractivity contribution in [3.63, 3.8) is 0 Å². The molecule has 0 spiro atoms. The van der Waals surface area contributed by atoms with Gasteiger partial charge in [0.25, 0.3) is 5.91 Å². The molecule has 0 aliphatic carbocycles. The summed E-state index contributed by atoms with van der Waals surface area (Å²) in [5.74, 6) is 0.784. The van der Waals surface area contributed by atoms with E-state index in [4.69, 9.17) is 4.74 Å². The highest BCUT2D eigenvalue weighted by Gasteiger charge is 2.45. The van der Waals surface area contributed by atoms with Crippen molar-refractivity contribution in [2.24, 2.45) is 5.92 Å². The van der Waals surface area contributed by atoms with Crippen molar-refractivity contribution in [3.8, 4) is 5.75 Å². The first-order chi connectivity index (χ1) is 8.87. The molecule has 1 fully saturated rings. The number of amides is 1. The normalized spacial score (nSPS) is 17.3. The van der Waals surface area contributed by atoms with Crippen LogP contribution in [-0.2, 0) is 0 Å². The van der Waals surface area contributed by atoms with E-state index in [0.717, 1.165) is 4.47 Å². The van der Waals surface area contributed by atoms with Gasteiger partial charge in [0, 0.05) is 5.56 Å². The maximum Gasteiger partial charge on any atom is 0.254 e. The van der Waals surface area contributed by atoms with Gasteiger partial charge in [0.15, 0.2) is 0 Å². The molecular formula is C14H18BrNO3. The van der Waals surface area contributed by atoms with Crippen molar-refractivity contribution in [1.29, 1.82) is 0 Å². The number of carbonyl (C=O) groups excluding carboxylic acids is 1. The Labute approximate surface area is 121 Å². The third-order valence-corrected chi connectivity index (χ3v) is 4.31. The highest BCUT2D eigenvalue weighted by atomic mass is 79.9. The lowest BCUT2D eigenvalue weighted by molar-refractivity contribution is -0.110. The van der Waals surface area contributed by atoms with Crippen LogP contribution in [0.1, 0.15) is 24.2 Å². The predicted molar refractivity (Wildman–Crippen MR) is 76.4 cm³/mol. The molecule has 0 aromatic heterocycles. The Morgan fingerprint density at radius 3 is 2.58 bits per heavy atom. The molecule has 0 radical (unpaired) electrons. The smallest absolute Gasteiger partial charge is 0.254 e. The quantitative estimate of drug-likeness (QED) is 0.926. The van der Waals surface area contributed by atoms with Crippen LogP contribution >= 0.6 is 15.9 Å². The maximum absolute atomic E-state index is 12.2. The molecule has 1 aromatic rings. The molecule has 0 bridgehead atoms. The zero-order valence-electron chi connectivity index (χ0n) is 11.3. The van der Waals surface area contributed by atoms with Crippen LogP contribution in [0.3, 0.4) is 0 Å². The SMILES string of the molecule is COc1ccc(C(=O)N2CC(O)(C(C)C)C2)cc1Br. The molecule has 1 aliphatic rings. The molecule has 104 valence electrons. The van der Waals surface area contributed by atoms with Crippen LogP contribution in [0.25, 0.3) is 0 Å². The van der Waals surface area contributed by atoms with E-state index < -0.39 is 5.60 Å². The lowest BCUT2D eigenvalue weighted by Gasteiger charge is -2.49. The van der Waals surface area contributed by atoms with Crippen molar-refractivity contribution in [1.82, 2.24) is 4.90 Å². The molecule has 19 heavy (non-hydrogen) atoms. The third-order valence-electron chi connectivity index (χ3n) is 3.69. The van der Waals surface area contributed by atoms with Crippen molar-refractivity contribution in [2.75, 3.05) is 20.2 Å². The number of benzene rings is 1. The molecule has 1 aliphatic heterocycles. The topological polar surface area (TPSA) is 49.8 Å². The number of carbonyl (C=O) groups is 1. The summed E-state index contributed by atoms with van der Waals surface area (Å²) in [5, 5.41) is 10.2. The van der Waals surface area contributed by atoms with Crippen LogP contribution in [0.15, 0.2) is 22.7 Å². The Balaban J connectivity index is 2.08. The minimum absolute atomic E-state index is 0.0614. The van der Waals surface area contributed by atoms with Crippen molar-refractivity contribution in [3.05, 3.63) is 28.2 Å². The van der Waals surface area contributed by atoms with E-state index in [1.54, 1.807) is 30.2 Å². The largest absolute Gasteiger partial charge is 0.496 e. The highest BCUT2D eigenvalue weighted by molar-refractivity contribution is 9.10. The second-order valence-electron chi connectivity index (χ2n) is 5.27. The Hall–Kier alpha value is -1.07. The van der Waals surface area contributed by atoms with Crippen LogP contribution in [0.2, 0.25) is 0 Å². The van der Waals surface area contributed by atoms with Gasteiger partial charge in [0.05, 0.1) is 24.7 Å². The van der Waals surface area contributed by atoms with Crippen LogP contribution in [0.4, 0.5) is 0 Å². The molecule has 2 rings (SSSR count). The predicted octanol–water partition coefficient (Wildman–Crippen LogP) is 2.30. The van der Waals surface area contributed by atoms with Gasteiger partial charge in [0.1, 0.15) is 11.4 Å². The molecule has 1 aromatic carbocycles. The molecule has 1 N–H and O–H groups in total. The number of aliphatic hydroxyl groups is 1. The highest BCUT2D eigenvalue weighted by Crippen LogP contribution is 2.31. The summed E-state index contributed by atoms with van der Waals surface area (Å²) in [6.45, 7) is 4.72. The zero-order chi connectivity index (χ0) is 14.2. The summed E-state index contributed by atoms with van der Waals surface area (Å²) >= 11 is 3.37. The summed E-state index contributed by atoms with van der Waals surface area (Å²) in [6, 6.07) is 5.23. The van der Waals surface area contributed by atoms with E-state index in [-0.39, 0.29) is 11.8 Å². The van der Waals surface area contributed by atoms with Crippen molar-refractivity contribution >= 4 is 21.8 Å². The summed E-state index contributed by atoms with van der Waals surface area (Å²) in [4.78, 5) is 13.9. The van der Waals surface area contributed by atoms with Crippen LogP contribution in [0.5, 0.6) is 5.75 Å². The molecule has 0 atom stereocenters. The van der Waals surface area contributed by atoms with Crippen molar-refractivity contribution in [2.45, 2.75) is 19.4 Å². The zero-order valence-corrected chi connectivity index (χ0v) is 12.9. The van der Waals surface area contributed by atoms with Crippen LogP contribution in [-0.4, -0.2) is 41.7 Å². The fourth-order valence-corrected chi connectivity index (χ4v) is 2.65. The number of methoxy groups -OCH3 is 1. The second kappa shape index (κ2) is 5.13. The van der Waals surface area contributed by atoms with Crippen molar-refractivity contribution < 1.29 is 14.6 Å². The minimum atomic E-state index is -0.737. The number of β-amino-alcohol motifs (C(OH)–C–C–N with tert-alkyl or cyclic N) is 1. The summed E-state index contributed by atoms with van der Waals surface area (Å²) in [7, 11) is 1.58. The van der Waals surface area contributed by atoms with Gasteiger partial charge in [-0.05, 0) is 40.0 Å². The Bertz CT molecular complexity index is 495. The number of ether oxygens (including phenoxy) is 1. The number of hydrogen-bond acceptors (Lipinski definition) is 3. The van der Waals surface area contributed by atoms with E-state index in [9.17, 15) is 9.90 Å². The number of likely N-dealkylation sites (tertiary alicyclic amines) is 1. The summed E-state index contributed by atoms with van der Waals surface area (Å²) in [5.41, 5.74) is -0.141.